The van der Waals surface area contributed by atoms with Crippen LogP contribution in [-0.2, 0) is 6.54 Å². The lowest BCUT2D eigenvalue weighted by molar-refractivity contribution is -0.777. The lowest BCUT2D eigenvalue weighted by Crippen LogP contribution is -2.47. The van der Waals surface area contributed by atoms with Gasteiger partial charge >= 0.3 is 11.9 Å². The Labute approximate surface area is 160 Å². The molecule has 4 aromatic rings. The van der Waals surface area contributed by atoms with Gasteiger partial charge in [-0.3, -0.25) is 0 Å². The monoisotopic (exact) mass is 382 g/mol. The van der Waals surface area contributed by atoms with Gasteiger partial charge in [0.25, 0.3) is 5.69 Å². The molecule has 0 amide bonds. The molecule has 0 atom stereocenters. The molecule has 0 bridgehead atoms. The first-order chi connectivity index (χ1) is 13.1. The number of aromatic nitrogens is 2. The van der Waals surface area contributed by atoms with Crippen molar-refractivity contribution in [1.29, 1.82) is 0 Å². The molecule has 0 fully saturated rings. The Balaban J connectivity index is 2.00. The number of fused-ring (bicyclic) bond motifs is 1. The summed E-state index contributed by atoms with van der Waals surface area (Å²) in [4.78, 5) is 0. The van der Waals surface area contributed by atoms with Gasteiger partial charge < -0.3 is 10.2 Å². The normalized spacial score (nSPS) is 11.0. The van der Waals surface area contributed by atoms with Gasteiger partial charge in [0.15, 0.2) is 17.7 Å². The number of rotatable bonds is 3. The number of halogens is 2. The Kier molecular flexibility index (Phi) is 4.38. The Bertz CT molecular complexity index is 1150. The van der Waals surface area contributed by atoms with Crippen molar-refractivity contribution in [2.24, 2.45) is 0 Å². The summed E-state index contributed by atoms with van der Waals surface area (Å²) < 4.78 is 17.1. The maximum absolute atomic E-state index is 14.4. The van der Waals surface area contributed by atoms with E-state index in [9.17, 15) is 14.6 Å². The van der Waals surface area contributed by atoms with E-state index in [1.54, 1.807) is 47.0 Å². The highest BCUT2D eigenvalue weighted by Gasteiger charge is 2.36. The highest BCUT2D eigenvalue weighted by molar-refractivity contribution is 6.30. The topological polar surface area (TPSA) is 48.2 Å². The Morgan fingerprint density at radius 1 is 0.852 bits per heavy atom. The molecular weight excluding hydrogens is 367 g/mol. The van der Waals surface area contributed by atoms with Crippen molar-refractivity contribution in [2.45, 2.75) is 6.54 Å². The van der Waals surface area contributed by atoms with Crippen LogP contribution in [0, 0.1) is 5.82 Å². The predicted octanol–water partition coefficient (Wildman–Crippen LogP) is 3.66. The predicted molar refractivity (Wildman–Crippen MR) is 99.5 cm³/mol. The summed E-state index contributed by atoms with van der Waals surface area (Å²) in [5, 5.41) is 22.8. The van der Waals surface area contributed by atoms with E-state index < -0.39 is 5.82 Å². The molecule has 0 unspecified atom stereocenters. The lowest BCUT2D eigenvalue weighted by Gasteiger charge is -2.05. The molecule has 6 heteroatoms. The van der Waals surface area contributed by atoms with E-state index >= 15 is 0 Å². The molecule has 0 aliphatic carbocycles. The second kappa shape index (κ2) is 6.85. The number of hydrogen-bond acceptors (Lipinski definition) is 2. The first kappa shape index (κ1) is 17.2. The molecule has 0 spiro atoms. The zero-order valence-corrected chi connectivity index (χ0v) is 14.9. The van der Waals surface area contributed by atoms with Gasteiger partial charge in [0.05, 0.1) is 0 Å². The van der Waals surface area contributed by atoms with Crippen LogP contribution in [0.4, 0.5) is 4.39 Å². The molecular formula is C21H16ClFN2O2+2. The molecule has 134 valence electrons. The average Bonchev–Trinajstić information content (AvgIpc) is 2.68. The van der Waals surface area contributed by atoms with Crippen LogP contribution in [0.15, 0.2) is 72.8 Å². The van der Waals surface area contributed by atoms with E-state index in [0.29, 0.717) is 22.5 Å². The summed E-state index contributed by atoms with van der Waals surface area (Å²) in [7, 11) is 0. The van der Waals surface area contributed by atoms with Crippen molar-refractivity contribution < 1.29 is 23.7 Å². The Morgan fingerprint density at radius 2 is 1.52 bits per heavy atom. The second-order valence-electron chi connectivity index (χ2n) is 6.14. The summed E-state index contributed by atoms with van der Waals surface area (Å²) in [6.07, 6.45) is 0. The van der Waals surface area contributed by atoms with Crippen molar-refractivity contribution in [3.05, 3.63) is 89.2 Å². The number of para-hydroxylation sites is 2. The van der Waals surface area contributed by atoms with Crippen LogP contribution < -0.4 is 9.13 Å². The Hall–Kier alpha value is -3.18. The van der Waals surface area contributed by atoms with Gasteiger partial charge in [0.2, 0.25) is 5.52 Å². The molecule has 0 radical (unpaired) electrons. The zero-order valence-electron chi connectivity index (χ0n) is 14.2. The van der Waals surface area contributed by atoms with E-state index in [1.165, 1.54) is 12.1 Å². The standard InChI is InChI=1S/C21H14ClFN2O2/c22-15-11-9-14(10-12-15)13-24-18-7-3-1-5-16(18)20(26)25(21(24)27)19-8-4-2-6-17(19)23/h1-12H,13H2/p+2. The lowest BCUT2D eigenvalue weighted by atomic mass is 10.2. The van der Waals surface area contributed by atoms with Crippen molar-refractivity contribution >= 4 is 22.5 Å². The minimum Gasteiger partial charge on any atom is -0.459 e. The molecule has 1 heterocycles. The van der Waals surface area contributed by atoms with E-state index in [-0.39, 0.29) is 17.6 Å². The van der Waals surface area contributed by atoms with Crippen molar-refractivity contribution in [3.8, 4) is 17.6 Å². The second-order valence-corrected chi connectivity index (χ2v) is 6.58. The number of nitrogens with zero attached hydrogens (tertiary/aromatic N) is 2. The molecule has 0 aliphatic rings. The van der Waals surface area contributed by atoms with E-state index in [1.807, 2.05) is 18.2 Å². The molecule has 0 saturated heterocycles. The average molecular weight is 383 g/mol. The van der Waals surface area contributed by atoms with Crippen molar-refractivity contribution in [1.82, 2.24) is 0 Å². The van der Waals surface area contributed by atoms with Gasteiger partial charge in [-0.1, -0.05) is 52.6 Å². The Morgan fingerprint density at radius 3 is 2.26 bits per heavy atom. The smallest absolute Gasteiger partial charge is 0.459 e. The molecule has 27 heavy (non-hydrogen) atoms. The molecule has 4 nitrogen and oxygen atoms in total. The summed E-state index contributed by atoms with van der Waals surface area (Å²) in [5.74, 6) is -0.790. The highest BCUT2D eigenvalue weighted by Crippen LogP contribution is 2.24. The van der Waals surface area contributed by atoms with Gasteiger partial charge in [0, 0.05) is 22.7 Å². The number of aromatic hydroxyl groups is 2. The van der Waals surface area contributed by atoms with Crippen LogP contribution in [0.25, 0.3) is 16.6 Å². The van der Waals surface area contributed by atoms with Crippen molar-refractivity contribution in [3.63, 3.8) is 0 Å². The summed E-state index contributed by atoms with van der Waals surface area (Å²) in [5.41, 5.74) is 1.58. The van der Waals surface area contributed by atoms with Gasteiger partial charge in [-0.05, 0) is 28.8 Å². The quantitative estimate of drug-likeness (QED) is 0.531. The van der Waals surface area contributed by atoms with E-state index in [0.717, 1.165) is 10.1 Å². The van der Waals surface area contributed by atoms with Gasteiger partial charge in [0.1, 0.15) is 0 Å². The number of benzene rings is 3. The fourth-order valence-electron chi connectivity index (χ4n) is 3.12. The van der Waals surface area contributed by atoms with Crippen LogP contribution in [0.3, 0.4) is 0 Å². The van der Waals surface area contributed by atoms with Gasteiger partial charge in [-0.2, -0.15) is 4.39 Å². The van der Waals surface area contributed by atoms with Crippen LogP contribution >= 0.6 is 11.6 Å². The van der Waals surface area contributed by atoms with E-state index in [2.05, 4.69) is 0 Å². The maximum atomic E-state index is 14.4. The third-order valence-corrected chi connectivity index (χ3v) is 4.69. The first-order valence-electron chi connectivity index (χ1n) is 8.34. The minimum atomic E-state index is -0.554. The maximum Gasteiger partial charge on any atom is 0.638 e. The van der Waals surface area contributed by atoms with Crippen LogP contribution in [0.5, 0.6) is 11.9 Å². The third-order valence-electron chi connectivity index (χ3n) is 4.44. The summed E-state index contributed by atoms with van der Waals surface area (Å²) >= 11 is 5.95. The van der Waals surface area contributed by atoms with Crippen LogP contribution in [-0.4, -0.2) is 10.2 Å². The first-order valence-corrected chi connectivity index (χ1v) is 8.72. The third kappa shape index (κ3) is 3.06. The summed E-state index contributed by atoms with van der Waals surface area (Å²) in [6, 6.07) is 20.0. The molecule has 1 aromatic heterocycles. The van der Waals surface area contributed by atoms with Crippen LogP contribution in [0.1, 0.15) is 5.56 Å². The van der Waals surface area contributed by atoms with Gasteiger partial charge in [-0.15, -0.1) is 0 Å². The summed E-state index contributed by atoms with van der Waals surface area (Å²) in [6.45, 7) is 0.318. The molecule has 0 aliphatic heterocycles. The SMILES string of the molecule is Oc1c2ccccc2[n+](Cc2ccc(Cl)cc2)c(O)[n+]1-c1ccccc1F. The van der Waals surface area contributed by atoms with Crippen molar-refractivity contribution in [2.75, 3.05) is 0 Å². The molecule has 3 aromatic carbocycles. The molecule has 4 rings (SSSR count). The highest BCUT2D eigenvalue weighted by atomic mass is 35.5. The van der Waals surface area contributed by atoms with Gasteiger partial charge in [-0.25, -0.2) is 0 Å². The fraction of sp³-hybridized carbons (Fsp3) is 0.0476. The molecule has 2 N–H and O–H groups in total. The van der Waals surface area contributed by atoms with Crippen LogP contribution in [0.2, 0.25) is 5.02 Å². The fourth-order valence-corrected chi connectivity index (χ4v) is 3.25. The van der Waals surface area contributed by atoms with E-state index in [4.69, 9.17) is 11.6 Å². The molecule has 0 saturated carbocycles. The zero-order chi connectivity index (χ0) is 19.0. The number of hydrogen-bond donors (Lipinski definition) is 2. The minimum absolute atomic E-state index is 0.0584. The largest absolute Gasteiger partial charge is 0.638 e.